The fourth-order valence-corrected chi connectivity index (χ4v) is 3.05. The summed E-state index contributed by atoms with van der Waals surface area (Å²) in [7, 11) is 9.87. The van der Waals surface area contributed by atoms with Crippen molar-refractivity contribution in [3.05, 3.63) is 76.3 Å². The molecule has 0 aliphatic carbocycles. The van der Waals surface area contributed by atoms with Crippen LogP contribution in [0.25, 0.3) is 10.8 Å². The van der Waals surface area contributed by atoms with Crippen LogP contribution in [0.5, 0.6) is 0 Å². The van der Waals surface area contributed by atoms with Crippen molar-refractivity contribution in [1.82, 2.24) is 0 Å². The van der Waals surface area contributed by atoms with Crippen LogP contribution >= 0.6 is 17.0 Å². The number of rotatable bonds is 3. The SMILES string of the molecule is Cc1[cH-]c2c(C)ccc(CCc3ccccc3)c2c1C.[Cl][Zr][Cl]. The summed E-state index contributed by atoms with van der Waals surface area (Å²) in [6.07, 6.45) is 2.23. The van der Waals surface area contributed by atoms with Crippen molar-refractivity contribution in [2.45, 2.75) is 33.6 Å². The topological polar surface area (TPSA) is 0 Å². The van der Waals surface area contributed by atoms with Gasteiger partial charge in [-0.05, 0) is 18.4 Å². The Kier molecular flexibility index (Phi) is 7.47. The molecule has 3 heteroatoms. The van der Waals surface area contributed by atoms with E-state index in [2.05, 4.69) is 69.3 Å². The van der Waals surface area contributed by atoms with E-state index in [1.54, 1.807) is 0 Å². The summed E-state index contributed by atoms with van der Waals surface area (Å²) in [5.41, 5.74) is 7.16. The monoisotopic (exact) mass is 421 g/mol. The molecule has 120 valence electrons. The molecule has 0 aromatic heterocycles. The molecule has 0 aliphatic rings. The van der Waals surface area contributed by atoms with Gasteiger partial charge in [-0.25, -0.2) is 0 Å². The number of aryl methyl sites for hydroxylation is 5. The van der Waals surface area contributed by atoms with Crippen LogP contribution in [0.15, 0.2) is 48.5 Å². The second-order valence-corrected chi connectivity index (χ2v) is 9.57. The molecule has 0 nitrogen and oxygen atoms in total. The van der Waals surface area contributed by atoms with Crippen LogP contribution in [0.4, 0.5) is 0 Å². The van der Waals surface area contributed by atoms with Crippen LogP contribution in [0, 0.1) is 20.8 Å². The van der Waals surface area contributed by atoms with E-state index in [0.29, 0.717) is 0 Å². The van der Waals surface area contributed by atoms with Crippen LogP contribution in [0.3, 0.4) is 0 Å². The van der Waals surface area contributed by atoms with Crippen LogP contribution < -0.4 is 0 Å². The van der Waals surface area contributed by atoms with Crippen LogP contribution in [0.1, 0.15) is 27.8 Å². The van der Waals surface area contributed by atoms with Crippen molar-refractivity contribution in [1.29, 1.82) is 0 Å². The molecule has 0 unspecified atom stereocenters. The van der Waals surface area contributed by atoms with Crippen molar-refractivity contribution in [2.75, 3.05) is 0 Å². The first kappa shape index (κ1) is 18.8. The summed E-state index contributed by atoms with van der Waals surface area (Å²) in [5, 5.41) is 2.92. The number of hydrogen-bond acceptors (Lipinski definition) is 0. The summed E-state index contributed by atoms with van der Waals surface area (Å²) in [6.45, 7) is 6.68. The summed E-state index contributed by atoms with van der Waals surface area (Å²) >= 11 is -0.826. The Labute approximate surface area is 157 Å². The summed E-state index contributed by atoms with van der Waals surface area (Å²) in [6, 6.07) is 17.7. The summed E-state index contributed by atoms with van der Waals surface area (Å²) in [4.78, 5) is 0. The summed E-state index contributed by atoms with van der Waals surface area (Å²) < 4.78 is 0. The predicted octanol–water partition coefficient (Wildman–Crippen LogP) is 6.65. The average Bonchev–Trinajstić information content (AvgIpc) is 2.86. The van der Waals surface area contributed by atoms with Gasteiger partial charge in [0.1, 0.15) is 0 Å². The molecule has 0 fully saturated rings. The second-order valence-electron chi connectivity index (χ2n) is 5.84. The van der Waals surface area contributed by atoms with Gasteiger partial charge in [-0.15, -0.1) is 34.0 Å². The third-order valence-corrected chi connectivity index (χ3v) is 4.40. The van der Waals surface area contributed by atoms with Gasteiger partial charge in [-0.2, -0.15) is 5.56 Å². The molecule has 0 saturated heterocycles. The molecule has 23 heavy (non-hydrogen) atoms. The fourth-order valence-electron chi connectivity index (χ4n) is 3.05. The molecule has 0 N–H and O–H groups in total. The molecular formula is C20H21Cl2Zr-. The quantitative estimate of drug-likeness (QED) is 0.414. The predicted molar refractivity (Wildman–Crippen MR) is 99.3 cm³/mol. The third kappa shape index (κ3) is 4.75. The minimum atomic E-state index is -0.826. The van der Waals surface area contributed by atoms with Gasteiger partial charge in [0.2, 0.25) is 0 Å². The normalized spacial score (nSPS) is 10.3. The first-order valence-corrected chi connectivity index (χ1v) is 14.1. The van der Waals surface area contributed by atoms with Crippen molar-refractivity contribution < 1.29 is 20.8 Å². The maximum absolute atomic E-state index is 4.93. The van der Waals surface area contributed by atoms with E-state index >= 15 is 0 Å². The summed E-state index contributed by atoms with van der Waals surface area (Å²) in [5.74, 6) is 0. The zero-order chi connectivity index (χ0) is 16.8. The van der Waals surface area contributed by atoms with Crippen LogP contribution in [0.2, 0.25) is 0 Å². The molecule has 3 rings (SSSR count). The molecule has 0 heterocycles. The van der Waals surface area contributed by atoms with Gasteiger partial charge >= 0.3 is 37.9 Å². The third-order valence-electron chi connectivity index (χ3n) is 4.40. The fraction of sp³-hybridized carbons (Fsp3) is 0.250. The van der Waals surface area contributed by atoms with Gasteiger partial charge in [-0.3, -0.25) is 0 Å². The van der Waals surface area contributed by atoms with Crippen molar-refractivity contribution >= 4 is 27.8 Å². The van der Waals surface area contributed by atoms with Gasteiger partial charge in [-0.1, -0.05) is 62.7 Å². The van der Waals surface area contributed by atoms with E-state index in [0.717, 1.165) is 12.8 Å². The number of halogens is 2. The van der Waals surface area contributed by atoms with Gasteiger partial charge in [0.05, 0.1) is 0 Å². The molecule has 0 spiro atoms. The molecule has 3 aromatic carbocycles. The molecule has 0 amide bonds. The number of benzene rings is 2. The van der Waals surface area contributed by atoms with E-state index in [1.165, 1.54) is 38.6 Å². The first-order valence-electron chi connectivity index (χ1n) is 7.73. The van der Waals surface area contributed by atoms with E-state index in [9.17, 15) is 0 Å². The van der Waals surface area contributed by atoms with Crippen molar-refractivity contribution in [2.24, 2.45) is 0 Å². The minimum absolute atomic E-state index is 0.826. The molecule has 3 aromatic rings. The van der Waals surface area contributed by atoms with Crippen LogP contribution in [-0.4, -0.2) is 0 Å². The maximum atomic E-state index is 4.93. The zero-order valence-electron chi connectivity index (χ0n) is 13.8. The Morgan fingerprint density at radius 2 is 1.57 bits per heavy atom. The van der Waals surface area contributed by atoms with Crippen molar-refractivity contribution in [3.8, 4) is 0 Å². The number of fused-ring (bicyclic) bond motifs is 1. The Morgan fingerprint density at radius 1 is 0.913 bits per heavy atom. The Hall–Kier alpha value is -0.487. The van der Waals surface area contributed by atoms with Crippen LogP contribution in [-0.2, 0) is 33.7 Å². The van der Waals surface area contributed by atoms with E-state index in [-0.39, 0.29) is 0 Å². The molecule has 0 saturated carbocycles. The van der Waals surface area contributed by atoms with Gasteiger partial charge in [0, 0.05) is 0 Å². The second kappa shape index (κ2) is 9.12. The average molecular weight is 424 g/mol. The Bertz CT molecular complexity index is 760. The molecule has 0 radical (unpaired) electrons. The zero-order valence-corrected chi connectivity index (χ0v) is 17.8. The van der Waals surface area contributed by atoms with Gasteiger partial charge in [0.15, 0.2) is 0 Å². The molecular weight excluding hydrogens is 402 g/mol. The number of hydrogen-bond donors (Lipinski definition) is 0. The van der Waals surface area contributed by atoms with E-state index in [4.69, 9.17) is 17.0 Å². The van der Waals surface area contributed by atoms with E-state index in [1.807, 2.05) is 0 Å². The first-order chi connectivity index (χ1) is 11.1. The van der Waals surface area contributed by atoms with Crippen molar-refractivity contribution in [3.63, 3.8) is 0 Å². The Balaban J connectivity index is 0.000000595. The molecule has 0 aliphatic heterocycles. The Morgan fingerprint density at radius 3 is 2.22 bits per heavy atom. The van der Waals surface area contributed by atoms with Gasteiger partial charge < -0.3 is 0 Å². The van der Waals surface area contributed by atoms with Gasteiger partial charge in [0.25, 0.3) is 0 Å². The standard InChI is InChI=1S/C20H21.2ClH.Zr/c1-14-9-11-18(12-10-17-7-5-4-6-8-17)20-16(3)15(2)13-19(14)20;;;/h4-9,11,13H,10,12H2,1-3H3;2*1H;/q-1;;;+2/p-2. The van der Waals surface area contributed by atoms with E-state index < -0.39 is 20.8 Å². The molecule has 0 bridgehead atoms. The molecule has 0 atom stereocenters.